The number of thiophene rings is 1. The summed E-state index contributed by atoms with van der Waals surface area (Å²) in [4.78, 5) is 4.43. The Labute approximate surface area is 191 Å². The second-order valence-electron chi connectivity index (χ2n) is 7.47. The molecule has 0 bridgehead atoms. The van der Waals surface area contributed by atoms with Crippen LogP contribution in [0.5, 0.6) is 11.6 Å². The van der Waals surface area contributed by atoms with Gasteiger partial charge in [-0.2, -0.15) is 5.10 Å². The third kappa shape index (κ3) is 3.69. The number of ether oxygens (including phenoxy) is 2. The van der Waals surface area contributed by atoms with Crippen LogP contribution < -0.4 is 4.74 Å². The summed E-state index contributed by atoms with van der Waals surface area (Å²) in [5, 5.41) is 18.6. The van der Waals surface area contributed by atoms with Crippen LogP contribution in [0.1, 0.15) is 0 Å². The normalized spacial score (nSPS) is 11.5. The molecule has 0 aliphatic carbocycles. The summed E-state index contributed by atoms with van der Waals surface area (Å²) in [7, 11) is 3.37. The molecule has 1 N–H and O–H groups in total. The third-order valence-electron chi connectivity index (χ3n) is 5.42. The molecule has 0 unspecified atom stereocenters. The number of rotatable bonds is 6. The first-order chi connectivity index (χ1) is 16.0. The summed E-state index contributed by atoms with van der Waals surface area (Å²) in [6.07, 6.45) is 1.76. The predicted octanol–water partition coefficient (Wildman–Crippen LogP) is 5.53. The van der Waals surface area contributed by atoms with Gasteiger partial charge in [0.2, 0.25) is 5.88 Å². The van der Waals surface area contributed by atoms with Gasteiger partial charge in [0.25, 0.3) is 0 Å². The molecule has 0 radical (unpaired) electrons. The van der Waals surface area contributed by atoms with E-state index in [9.17, 15) is 9.50 Å². The first-order valence-electron chi connectivity index (χ1n) is 10.1. The van der Waals surface area contributed by atoms with E-state index >= 15 is 4.39 Å². The molecule has 9 heteroatoms. The maximum absolute atomic E-state index is 15.0. The lowest BCUT2D eigenvalue weighted by molar-refractivity contribution is 0.146. The van der Waals surface area contributed by atoms with Gasteiger partial charge < -0.3 is 14.6 Å². The minimum atomic E-state index is -0.850. The summed E-state index contributed by atoms with van der Waals surface area (Å²) in [6.45, 7) is 0.335. The number of aryl methyl sites for hydroxylation is 1. The number of halogens is 2. The van der Waals surface area contributed by atoms with Crippen molar-refractivity contribution in [3.63, 3.8) is 0 Å². The van der Waals surface area contributed by atoms with Gasteiger partial charge in [-0.3, -0.25) is 4.68 Å². The standard InChI is InChI=1S/C24H19F2N3O3S/c1-29-18-4-3-13(9-14(18)12-27-29)22-23-16(5-8-33-23)20(24(30)28-22)21-17(26)10-15(25)11-19(21)32-7-6-31-2/h3-5,8-12H,6-7H2,1-2H3,(H,28,30). The zero-order valence-electron chi connectivity index (χ0n) is 17.8. The molecule has 3 heterocycles. The molecule has 0 aliphatic heterocycles. The monoisotopic (exact) mass is 467 g/mol. The smallest absolute Gasteiger partial charge is 0.220 e. The van der Waals surface area contributed by atoms with Crippen molar-refractivity contribution in [3.8, 4) is 34.0 Å². The average Bonchev–Trinajstić information content (AvgIpc) is 3.41. The van der Waals surface area contributed by atoms with E-state index in [0.29, 0.717) is 11.1 Å². The van der Waals surface area contributed by atoms with E-state index in [1.807, 2.05) is 30.6 Å². The van der Waals surface area contributed by atoms with Crippen molar-refractivity contribution in [1.82, 2.24) is 14.8 Å². The van der Waals surface area contributed by atoms with Crippen molar-refractivity contribution in [3.05, 3.63) is 59.6 Å². The van der Waals surface area contributed by atoms with Gasteiger partial charge in [0.05, 0.1) is 39.8 Å². The van der Waals surface area contributed by atoms with Gasteiger partial charge in [-0.15, -0.1) is 11.3 Å². The zero-order valence-corrected chi connectivity index (χ0v) is 18.6. The van der Waals surface area contributed by atoms with E-state index in [1.165, 1.54) is 18.4 Å². The summed E-state index contributed by atoms with van der Waals surface area (Å²) in [5.41, 5.74) is 2.43. The Kier molecular flexibility index (Phi) is 5.43. The molecule has 0 spiro atoms. The fraction of sp³-hybridized carbons (Fsp3) is 0.167. The van der Waals surface area contributed by atoms with Crippen molar-refractivity contribution in [2.75, 3.05) is 20.3 Å². The second-order valence-corrected chi connectivity index (χ2v) is 8.38. The molecule has 0 atom stereocenters. The Balaban J connectivity index is 1.71. The number of fused-ring (bicyclic) bond motifs is 2. The van der Waals surface area contributed by atoms with Crippen LogP contribution in [0.2, 0.25) is 0 Å². The second kappa shape index (κ2) is 8.42. The van der Waals surface area contributed by atoms with Crippen molar-refractivity contribution in [1.29, 1.82) is 0 Å². The molecule has 0 saturated carbocycles. The lowest BCUT2D eigenvalue weighted by atomic mass is 9.99. The molecule has 0 amide bonds. The quantitative estimate of drug-likeness (QED) is 0.333. The molecule has 3 aromatic heterocycles. The maximum atomic E-state index is 15.0. The highest BCUT2D eigenvalue weighted by Crippen LogP contribution is 2.46. The number of nitrogens with zero attached hydrogens (tertiary/aromatic N) is 3. The summed E-state index contributed by atoms with van der Waals surface area (Å²) in [5.74, 6) is -2.03. The van der Waals surface area contributed by atoms with Crippen molar-refractivity contribution in [2.45, 2.75) is 0 Å². The van der Waals surface area contributed by atoms with Gasteiger partial charge >= 0.3 is 0 Å². The highest BCUT2D eigenvalue weighted by Gasteiger charge is 2.24. The van der Waals surface area contributed by atoms with Crippen LogP contribution in [-0.4, -0.2) is 40.2 Å². The molecule has 6 nitrogen and oxygen atoms in total. The van der Waals surface area contributed by atoms with E-state index in [0.717, 1.165) is 33.3 Å². The maximum Gasteiger partial charge on any atom is 0.220 e. The number of aromatic nitrogens is 3. The van der Waals surface area contributed by atoms with Crippen molar-refractivity contribution < 1.29 is 23.4 Å². The van der Waals surface area contributed by atoms with E-state index in [2.05, 4.69) is 10.1 Å². The molecule has 0 saturated heterocycles. The molecule has 168 valence electrons. The van der Waals surface area contributed by atoms with Gasteiger partial charge in [-0.1, -0.05) is 6.07 Å². The molecule has 5 rings (SSSR count). The van der Waals surface area contributed by atoms with E-state index < -0.39 is 11.6 Å². The first-order valence-corrected chi connectivity index (χ1v) is 11.0. The molecule has 5 aromatic rings. The number of pyridine rings is 1. The van der Waals surface area contributed by atoms with Crippen LogP contribution in [0.3, 0.4) is 0 Å². The van der Waals surface area contributed by atoms with E-state index in [4.69, 9.17) is 9.47 Å². The highest BCUT2D eigenvalue weighted by atomic mass is 32.1. The summed E-state index contributed by atoms with van der Waals surface area (Å²) >= 11 is 1.42. The number of benzene rings is 2. The minimum Gasteiger partial charge on any atom is -0.493 e. The molecular weight excluding hydrogens is 448 g/mol. The zero-order chi connectivity index (χ0) is 23.1. The molecular formula is C24H19F2N3O3S. The van der Waals surface area contributed by atoms with Crippen molar-refractivity contribution in [2.24, 2.45) is 7.05 Å². The van der Waals surface area contributed by atoms with Crippen LogP contribution >= 0.6 is 11.3 Å². The fourth-order valence-electron chi connectivity index (χ4n) is 3.92. The largest absolute Gasteiger partial charge is 0.493 e. The SMILES string of the molecule is COCCOc1cc(F)cc(F)c1-c1c(O)nc(-c2ccc3c(cnn3C)c2)c2sccc12. The topological polar surface area (TPSA) is 69.4 Å². The van der Waals surface area contributed by atoms with Crippen LogP contribution in [-0.2, 0) is 11.8 Å². The minimum absolute atomic E-state index is 0.0290. The fourth-order valence-corrected chi connectivity index (χ4v) is 4.83. The van der Waals surface area contributed by atoms with Crippen LogP contribution in [0.4, 0.5) is 8.78 Å². The Morgan fingerprint density at radius 3 is 2.76 bits per heavy atom. The Bertz CT molecular complexity index is 1500. The number of hydrogen-bond acceptors (Lipinski definition) is 6. The highest BCUT2D eigenvalue weighted by molar-refractivity contribution is 7.17. The number of hydrogen-bond donors (Lipinski definition) is 1. The van der Waals surface area contributed by atoms with E-state index in [1.54, 1.807) is 16.9 Å². The lowest BCUT2D eigenvalue weighted by Crippen LogP contribution is -2.06. The average molecular weight is 467 g/mol. The molecule has 0 fully saturated rings. The number of methoxy groups -OCH3 is 1. The Morgan fingerprint density at radius 1 is 1.09 bits per heavy atom. The van der Waals surface area contributed by atoms with Gasteiger partial charge in [-0.05, 0) is 23.6 Å². The first kappa shape index (κ1) is 21.3. The van der Waals surface area contributed by atoms with Gasteiger partial charge in [-0.25, -0.2) is 13.8 Å². The molecule has 33 heavy (non-hydrogen) atoms. The number of aromatic hydroxyl groups is 1. The third-order valence-corrected chi connectivity index (χ3v) is 6.35. The Hall–Kier alpha value is -3.56. The van der Waals surface area contributed by atoms with E-state index in [-0.39, 0.29) is 36.0 Å². The summed E-state index contributed by atoms with van der Waals surface area (Å²) in [6, 6.07) is 9.43. The Morgan fingerprint density at radius 2 is 1.94 bits per heavy atom. The van der Waals surface area contributed by atoms with Crippen LogP contribution in [0, 0.1) is 11.6 Å². The van der Waals surface area contributed by atoms with Gasteiger partial charge in [0.15, 0.2) is 0 Å². The molecule has 0 aliphatic rings. The van der Waals surface area contributed by atoms with Gasteiger partial charge in [0.1, 0.15) is 24.0 Å². The predicted molar refractivity (Wildman–Crippen MR) is 124 cm³/mol. The lowest BCUT2D eigenvalue weighted by Gasteiger charge is -2.15. The van der Waals surface area contributed by atoms with Crippen LogP contribution in [0.25, 0.3) is 43.4 Å². The summed E-state index contributed by atoms with van der Waals surface area (Å²) < 4.78 is 42.1. The molecule has 2 aromatic carbocycles. The van der Waals surface area contributed by atoms with Crippen LogP contribution in [0.15, 0.2) is 48.0 Å². The van der Waals surface area contributed by atoms with Crippen molar-refractivity contribution >= 4 is 32.3 Å². The van der Waals surface area contributed by atoms with Gasteiger partial charge in [0, 0.05) is 42.6 Å².